The summed E-state index contributed by atoms with van der Waals surface area (Å²) in [4.78, 5) is 23.9. The molecule has 6 rings (SSSR count). The van der Waals surface area contributed by atoms with Crippen LogP contribution in [0.3, 0.4) is 0 Å². The Kier molecular flexibility index (Phi) is 6.10. The van der Waals surface area contributed by atoms with Crippen molar-refractivity contribution >= 4 is 16.9 Å². The van der Waals surface area contributed by atoms with E-state index in [9.17, 15) is 4.79 Å². The molecule has 1 saturated carbocycles. The molecule has 4 fully saturated rings. The number of fused-ring (bicyclic) bond motifs is 3. The molecule has 4 aliphatic rings. The third kappa shape index (κ3) is 4.04. The Labute approximate surface area is 203 Å². The van der Waals surface area contributed by atoms with Crippen LogP contribution in [0.5, 0.6) is 0 Å². The molecule has 1 aliphatic carbocycles. The van der Waals surface area contributed by atoms with Gasteiger partial charge in [-0.1, -0.05) is 50.8 Å². The molecule has 3 aliphatic heterocycles. The number of nitrogens with zero attached hydrogens (tertiary/aromatic N) is 4. The van der Waals surface area contributed by atoms with Gasteiger partial charge < -0.3 is 14.8 Å². The molecule has 1 N–H and O–H groups in total. The zero-order valence-electron chi connectivity index (χ0n) is 20.4. The Bertz CT molecular complexity index is 1090. The summed E-state index contributed by atoms with van der Waals surface area (Å²) in [6.45, 7) is 6.32. The second kappa shape index (κ2) is 9.37. The van der Waals surface area contributed by atoms with Crippen molar-refractivity contribution in [3.8, 4) is 0 Å². The zero-order chi connectivity index (χ0) is 23.1. The van der Waals surface area contributed by atoms with Gasteiger partial charge in [-0.3, -0.25) is 9.69 Å². The highest BCUT2D eigenvalue weighted by Gasteiger charge is 2.44. The molecule has 0 unspecified atom stereocenters. The first kappa shape index (κ1) is 22.1. The fraction of sp³-hybridized carbons (Fsp3) is 0.643. The van der Waals surface area contributed by atoms with Gasteiger partial charge in [0, 0.05) is 43.0 Å². The number of benzene rings is 1. The first-order valence-electron chi connectivity index (χ1n) is 13.6. The predicted molar refractivity (Wildman–Crippen MR) is 138 cm³/mol. The molecule has 182 valence electrons. The lowest BCUT2D eigenvalue weighted by Gasteiger charge is -2.45. The van der Waals surface area contributed by atoms with Gasteiger partial charge in [-0.2, -0.15) is 0 Å². The van der Waals surface area contributed by atoms with E-state index in [0.29, 0.717) is 24.4 Å². The SMILES string of the molecule is C=C1CN(c2nc3ccccc3n([C@H]3C[C@H]4CC[C@@H](C3)N4C3CCCCCCC3)c2=O)CCN1. The molecule has 1 aromatic heterocycles. The van der Waals surface area contributed by atoms with Gasteiger partial charge in [0.05, 0.1) is 17.6 Å². The Morgan fingerprint density at radius 1 is 0.882 bits per heavy atom. The van der Waals surface area contributed by atoms with Crippen LogP contribution >= 0.6 is 0 Å². The number of piperidine rings is 1. The van der Waals surface area contributed by atoms with Crippen LogP contribution < -0.4 is 15.8 Å². The maximum atomic E-state index is 14.0. The largest absolute Gasteiger partial charge is 0.386 e. The maximum Gasteiger partial charge on any atom is 0.294 e. The average molecular weight is 462 g/mol. The fourth-order valence-electron chi connectivity index (χ4n) is 7.35. The number of rotatable bonds is 3. The maximum absolute atomic E-state index is 14.0. The molecule has 3 saturated heterocycles. The van der Waals surface area contributed by atoms with E-state index in [-0.39, 0.29) is 11.6 Å². The van der Waals surface area contributed by atoms with Crippen LogP contribution in [-0.4, -0.2) is 52.2 Å². The van der Waals surface area contributed by atoms with Crippen molar-refractivity contribution in [1.82, 2.24) is 19.8 Å². The number of hydrogen-bond acceptors (Lipinski definition) is 5. The van der Waals surface area contributed by atoms with Gasteiger partial charge >= 0.3 is 0 Å². The summed E-state index contributed by atoms with van der Waals surface area (Å²) < 4.78 is 2.13. The minimum Gasteiger partial charge on any atom is -0.386 e. The van der Waals surface area contributed by atoms with E-state index in [1.807, 2.05) is 12.1 Å². The highest BCUT2D eigenvalue weighted by molar-refractivity contribution is 5.76. The molecule has 6 heteroatoms. The smallest absolute Gasteiger partial charge is 0.294 e. The van der Waals surface area contributed by atoms with Gasteiger partial charge in [-0.05, 0) is 50.7 Å². The number of para-hydroxylation sites is 2. The van der Waals surface area contributed by atoms with Crippen LogP contribution in [0.1, 0.15) is 76.7 Å². The van der Waals surface area contributed by atoms with Crippen molar-refractivity contribution in [3.63, 3.8) is 0 Å². The number of anilines is 1. The third-order valence-corrected chi connectivity index (χ3v) is 8.84. The average Bonchev–Trinajstić information content (AvgIpc) is 3.07. The molecular formula is C28H39N5O. The van der Waals surface area contributed by atoms with Crippen molar-refractivity contribution in [2.75, 3.05) is 24.5 Å². The molecule has 0 spiro atoms. The van der Waals surface area contributed by atoms with Crippen molar-refractivity contribution < 1.29 is 0 Å². The predicted octanol–water partition coefficient (Wildman–Crippen LogP) is 4.60. The summed E-state index contributed by atoms with van der Waals surface area (Å²) in [5.41, 5.74) is 2.96. The molecule has 6 nitrogen and oxygen atoms in total. The molecule has 2 bridgehead atoms. The highest BCUT2D eigenvalue weighted by Crippen LogP contribution is 2.44. The van der Waals surface area contributed by atoms with Gasteiger partial charge in [-0.15, -0.1) is 0 Å². The van der Waals surface area contributed by atoms with Crippen molar-refractivity contribution in [2.45, 2.75) is 94.8 Å². The molecule has 0 amide bonds. The van der Waals surface area contributed by atoms with E-state index in [0.717, 1.165) is 48.7 Å². The van der Waals surface area contributed by atoms with E-state index in [4.69, 9.17) is 4.98 Å². The molecule has 4 heterocycles. The summed E-state index contributed by atoms with van der Waals surface area (Å²) in [6.07, 6.45) is 14.5. The Hall–Kier alpha value is -2.34. The summed E-state index contributed by atoms with van der Waals surface area (Å²) in [6, 6.07) is 10.5. The molecular weight excluding hydrogens is 422 g/mol. The lowest BCUT2D eigenvalue weighted by atomic mass is 9.89. The zero-order valence-corrected chi connectivity index (χ0v) is 20.4. The topological polar surface area (TPSA) is 53.4 Å². The normalized spacial score (nSPS) is 29.1. The molecule has 3 atom stereocenters. The Morgan fingerprint density at radius 2 is 1.59 bits per heavy atom. The lowest BCUT2D eigenvalue weighted by molar-refractivity contribution is 0.0498. The van der Waals surface area contributed by atoms with Crippen LogP contribution in [0.25, 0.3) is 11.0 Å². The Balaban J connectivity index is 1.33. The van der Waals surface area contributed by atoms with Gasteiger partial charge in [0.2, 0.25) is 0 Å². The summed E-state index contributed by atoms with van der Waals surface area (Å²) in [7, 11) is 0. The first-order chi connectivity index (χ1) is 16.7. The minimum absolute atomic E-state index is 0.0807. The van der Waals surface area contributed by atoms with Crippen LogP contribution in [0.4, 0.5) is 5.82 Å². The quantitative estimate of drug-likeness (QED) is 0.724. The second-order valence-electron chi connectivity index (χ2n) is 11.0. The summed E-state index contributed by atoms with van der Waals surface area (Å²) in [5, 5.41) is 3.30. The standard InChI is InChI=1S/C28H39N5O/c1-20-19-31(16-15-29-20)27-28(34)33(26-12-8-7-11-25(26)30-27)24-17-22-13-14-23(18-24)32(22)21-9-5-3-2-4-6-10-21/h7-8,11-12,21-24,29H,1-6,9-10,13-19H2/t22-,23+,24+. The van der Waals surface area contributed by atoms with Crippen LogP contribution in [0.15, 0.2) is 41.3 Å². The van der Waals surface area contributed by atoms with Gasteiger partial charge in [-0.25, -0.2) is 4.98 Å². The highest BCUT2D eigenvalue weighted by atomic mass is 16.1. The molecule has 34 heavy (non-hydrogen) atoms. The summed E-state index contributed by atoms with van der Waals surface area (Å²) in [5.74, 6) is 0.594. The monoisotopic (exact) mass is 461 g/mol. The second-order valence-corrected chi connectivity index (χ2v) is 11.0. The van der Waals surface area contributed by atoms with E-state index in [1.54, 1.807) is 0 Å². The van der Waals surface area contributed by atoms with E-state index >= 15 is 0 Å². The summed E-state index contributed by atoms with van der Waals surface area (Å²) >= 11 is 0. The van der Waals surface area contributed by atoms with Gasteiger partial charge in [0.15, 0.2) is 5.82 Å². The van der Waals surface area contributed by atoms with Crippen molar-refractivity contribution in [3.05, 3.63) is 46.9 Å². The lowest BCUT2D eigenvalue weighted by Crippen LogP contribution is -2.50. The van der Waals surface area contributed by atoms with E-state index in [2.05, 4.69) is 38.4 Å². The van der Waals surface area contributed by atoms with Crippen molar-refractivity contribution in [1.29, 1.82) is 0 Å². The number of aromatic nitrogens is 2. The third-order valence-electron chi connectivity index (χ3n) is 8.84. The first-order valence-corrected chi connectivity index (χ1v) is 13.6. The number of piperazine rings is 1. The van der Waals surface area contributed by atoms with E-state index < -0.39 is 0 Å². The molecule has 1 aromatic carbocycles. The number of nitrogens with one attached hydrogen (secondary N) is 1. The molecule has 0 radical (unpaired) electrons. The van der Waals surface area contributed by atoms with Crippen LogP contribution in [-0.2, 0) is 0 Å². The number of hydrogen-bond donors (Lipinski definition) is 1. The Morgan fingerprint density at radius 3 is 2.32 bits per heavy atom. The van der Waals surface area contributed by atoms with E-state index in [1.165, 1.54) is 57.8 Å². The van der Waals surface area contributed by atoms with Gasteiger partial charge in [0.1, 0.15) is 0 Å². The van der Waals surface area contributed by atoms with Crippen LogP contribution in [0, 0.1) is 0 Å². The van der Waals surface area contributed by atoms with Crippen LogP contribution in [0.2, 0.25) is 0 Å². The molecule has 2 aromatic rings. The fourth-order valence-corrected chi connectivity index (χ4v) is 7.35. The van der Waals surface area contributed by atoms with Crippen molar-refractivity contribution in [2.24, 2.45) is 0 Å². The van der Waals surface area contributed by atoms with Gasteiger partial charge in [0.25, 0.3) is 5.56 Å². The minimum atomic E-state index is 0.0807.